The minimum Gasteiger partial charge on any atom is -0.382 e. The Kier molecular flexibility index (Phi) is 5.49. The number of aromatic nitrogens is 5. The number of rotatable bonds is 6. The predicted octanol–water partition coefficient (Wildman–Crippen LogP) is 2.12. The summed E-state index contributed by atoms with van der Waals surface area (Å²) in [6.07, 6.45) is 6.55. The third-order valence-corrected chi connectivity index (χ3v) is 7.21. The maximum Gasteiger partial charge on any atom is 0.332 e. The third kappa shape index (κ3) is 3.77. The first-order valence-electron chi connectivity index (χ1n) is 12.3. The average Bonchev–Trinajstić information content (AvgIpc) is 3.67. The van der Waals surface area contributed by atoms with E-state index in [2.05, 4.69) is 34.1 Å². The Balaban J connectivity index is 1.43. The van der Waals surface area contributed by atoms with E-state index in [1.165, 1.54) is 11.6 Å². The second-order valence-corrected chi connectivity index (χ2v) is 9.51. The molecule has 0 saturated carbocycles. The molecule has 0 radical (unpaired) electrons. The molecule has 2 saturated heterocycles. The molecule has 4 aromatic rings. The lowest BCUT2D eigenvalue weighted by atomic mass is 10.1. The highest BCUT2D eigenvalue weighted by atomic mass is 16.5. The number of nitrogens with one attached hydrogen (secondary N) is 1. The van der Waals surface area contributed by atoms with Gasteiger partial charge in [-0.3, -0.25) is 18.3 Å². The quantitative estimate of drug-likeness (QED) is 0.456. The van der Waals surface area contributed by atoms with Crippen LogP contribution in [0.4, 0.5) is 5.69 Å². The number of benzene rings is 1. The van der Waals surface area contributed by atoms with Gasteiger partial charge in [-0.15, -0.1) is 0 Å². The van der Waals surface area contributed by atoms with Crippen LogP contribution in [0.1, 0.15) is 25.7 Å². The molecule has 1 N–H and O–H groups in total. The molecule has 0 spiro atoms. The van der Waals surface area contributed by atoms with Gasteiger partial charge in [-0.2, -0.15) is 4.98 Å². The second kappa shape index (κ2) is 8.69. The first-order valence-corrected chi connectivity index (χ1v) is 12.3. The molecule has 2 aliphatic heterocycles. The van der Waals surface area contributed by atoms with E-state index < -0.39 is 0 Å². The SMILES string of the molecule is Cn1c(=O)c2c(nc3n(CC4CCCO4)c(-c4ccc(NCC5CCCO5)cc4)cn23)n(C)c1=O. The summed E-state index contributed by atoms with van der Waals surface area (Å²) in [5.74, 6) is 0.629. The number of fused-ring (bicyclic) bond motifs is 3. The molecule has 1 aromatic carbocycles. The summed E-state index contributed by atoms with van der Waals surface area (Å²) in [5, 5.41) is 3.46. The zero-order chi connectivity index (χ0) is 24.1. The molecule has 0 aliphatic carbocycles. The first kappa shape index (κ1) is 22.1. The minimum absolute atomic E-state index is 0.0868. The molecular formula is C25H30N6O4. The van der Waals surface area contributed by atoms with Crippen molar-refractivity contribution in [2.24, 2.45) is 14.1 Å². The molecule has 2 unspecified atom stereocenters. The van der Waals surface area contributed by atoms with Crippen LogP contribution in [0.2, 0.25) is 0 Å². The van der Waals surface area contributed by atoms with Gasteiger partial charge in [-0.25, -0.2) is 4.79 Å². The van der Waals surface area contributed by atoms with Gasteiger partial charge in [-0.05, 0) is 43.4 Å². The normalized spacial score (nSPS) is 20.4. The summed E-state index contributed by atoms with van der Waals surface area (Å²) in [5.41, 5.74) is 3.05. The fraction of sp³-hybridized carbons (Fsp3) is 0.480. The van der Waals surface area contributed by atoms with Gasteiger partial charge in [0.2, 0.25) is 5.78 Å². The topological polar surface area (TPSA) is 96.7 Å². The molecule has 3 aromatic heterocycles. The van der Waals surface area contributed by atoms with E-state index in [9.17, 15) is 9.59 Å². The molecule has 2 atom stereocenters. The van der Waals surface area contributed by atoms with Gasteiger partial charge < -0.3 is 19.4 Å². The van der Waals surface area contributed by atoms with Crippen molar-refractivity contribution in [1.29, 1.82) is 0 Å². The molecule has 2 fully saturated rings. The molecule has 35 heavy (non-hydrogen) atoms. The Hall–Kier alpha value is -3.37. The fourth-order valence-electron chi connectivity index (χ4n) is 5.21. The van der Waals surface area contributed by atoms with Crippen molar-refractivity contribution in [3.63, 3.8) is 0 Å². The summed E-state index contributed by atoms with van der Waals surface area (Å²) < 4.78 is 18.1. The molecule has 10 heteroatoms. The number of nitrogens with zero attached hydrogens (tertiary/aromatic N) is 5. The van der Waals surface area contributed by atoms with Crippen LogP contribution in [0.5, 0.6) is 0 Å². The number of anilines is 1. The molecule has 10 nitrogen and oxygen atoms in total. The van der Waals surface area contributed by atoms with Crippen LogP contribution in [0.15, 0.2) is 40.1 Å². The van der Waals surface area contributed by atoms with Crippen LogP contribution in [-0.4, -0.2) is 55.1 Å². The Morgan fingerprint density at radius 2 is 1.71 bits per heavy atom. The van der Waals surface area contributed by atoms with Gasteiger partial charge in [0.15, 0.2) is 11.2 Å². The predicted molar refractivity (Wildman–Crippen MR) is 133 cm³/mol. The average molecular weight is 479 g/mol. The van der Waals surface area contributed by atoms with Crippen LogP contribution in [0, 0.1) is 0 Å². The van der Waals surface area contributed by atoms with E-state index >= 15 is 0 Å². The highest BCUT2D eigenvalue weighted by Crippen LogP contribution is 2.28. The maximum absolute atomic E-state index is 13.0. The zero-order valence-corrected chi connectivity index (χ0v) is 20.1. The Labute approximate surface area is 201 Å². The molecule has 5 heterocycles. The van der Waals surface area contributed by atoms with Crippen molar-refractivity contribution < 1.29 is 9.47 Å². The van der Waals surface area contributed by atoms with Crippen molar-refractivity contribution in [3.05, 3.63) is 51.3 Å². The van der Waals surface area contributed by atoms with Gasteiger partial charge in [0, 0.05) is 45.7 Å². The van der Waals surface area contributed by atoms with E-state index in [0.29, 0.717) is 23.5 Å². The summed E-state index contributed by atoms with van der Waals surface area (Å²) in [4.78, 5) is 30.2. The van der Waals surface area contributed by atoms with Gasteiger partial charge >= 0.3 is 5.69 Å². The Bertz CT molecular complexity index is 1500. The number of aryl methyl sites for hydroxylation is 1. The monoisotopic (exact) mass is 478 g/mol. The standard InChI is InChI=1S/C25H30N6O4/c1-28-22-21(23(32)29(2)25(28)33)31-15-20(30(24(31)27-22)14-19-6-4-12-35-19)16-7-9-17(10-8-16)26-13-18-5-3-11-34-18/h7-10,15,18-19,26H,3-6,11-14H2,1-2H3. The number of hydrogen-bond acceptors (Lipinski definition) is 6. The Morgan fingerprint density at radius 1 is 1.00 bits per heavy atom. The summed E-state index contributed by atoms with van der Waals surface area (Å²) in [6.45, 7) is 3.04. The smallest absolute Gasteiger partial charge is 0.332 e. The van der Waals surface area contributed by atoms with Gasteiger partial charge in [0.1, 0.15) is 0 Å². The molecular weight excluding hydrogens is 448 g/mol. The van der Waals surface area contributed by atoms with Gasteiger partial charge in [0.25, 0.3) is 5.56 Å². The summed E-state index contributed by atoms with van der Waals surface area (Å²) >= 11 is 0. The molecule has 0 bridgehead atoms. The zero-order valence-electron chi connectivity index (χ0n) is 20.1. The van der Waals surface area contributed by atoms with Crippen molar-refractivity contribution in [3.8, 4) is 11.3 Å². The maximum atomic E-state index is 13.0. The fourth-order valence-corrected chi connectivity index (χ4v) is 5.21. The number of hydrogen-bond donors (Lipinski definition) is 1. The third-order valence-electron chi connectivity index (χ3n) is 7.21. The summed E-state index contributed by atoms with van der Waals surface area (Å²) in [7, 11) is 3.14. The lowest BCUT2D eigenvalue weighted by Gasteiger charge is -2.15. The van der Waals surface area contributed by atoms with Crippen LogP contribution in [-0.2, 0) is 30.1 Å². The van der Waals surface area contributed by atoms with E-state index in [4.69, 9.17) is 14.5 Å². The van der Waals surface area contributed by atoms with Crippen molar-refractivity contribution in [2.45, 2.75) is 44.4 Å². The van der Waals surface area contributed by atoms with Crippen molar-refractivity contribution in [1.82, 2.24) is 23.1 Å². The second-order valence-electron chi connectivity index (χ2n) is 9.51. The van der Waals surface area contributed by atoms with Gasteiger partial charge in [-0.1, -0.05) is 12.1 Å². The molecule has 6 rings (SSSR count). The highest BCUT2D eigenvalue weighted by molar-refractivity contribution is 5.78. The van der Waals surface area contributed by atoms with E-state index in [1.54, 1.807) is 7.05 Å². The Morgan fingerprint density at radius 3 is 2.40 bits per heavy atom. The van der Waals surface area contributed by atoms with E-state index in [1.807, 2.05) is 10.6 Å². The first-order chi connectivity index (χ1) is 17.0. The van der Waals surface area contributed by atoms with Crippen LogP contribution >= 0.6 is 0 Å². The summed E-state index contributed by atoms with van der Waals surface area (Å²) in [6, 6.07) is 8.29. The number of ether oxygens (including phenoxy) is 2. The lowest BCUT2D eigenvalue weighted by Crippen LogP contribution is -2.37. The largest absolute Gasteiger partial charge is 0.382 e. The van der Waals surface area contributed by atoms with Crippen molar-refractivity contribution in [2.75, 3.05) is 25.1 Å². The van der Waals surface area contributed by atoms with Gasteiger partial charge in [0.05, 0.1) is 24.4 Å². The van der Waals surface area contributed by atoms with Crippen LogP contribution in [0.25, 0.3) is 28.2 Å². The molecule has 2 aliphatic rings. The molecule has 184 valence electrons. The van der Waals surface area contributed by atoms with E-state index in [-0.39, 0.29) is 23.5 Å². The van der Waals surface area contributed by atoms with Crippen LogP contribution < -0.4 is 16.6 Å². The van der Waals surface area contributed by atoms with Crippen LogP contribution in [0.3, 0.4) is 0 Å². The van der Waals surface area contributed by atoms with Crippen molar-refractivity contribution >= 4 is 22.6 Å². The number of imidazole rings is 2. The molecule has 0 amide bonds. The lowest BCUT2D eigenvalue weighted by molar-refractivity contribution is 0.0981. The minimum atomic E-state index is -0.389. The highest BCUT2D eigenvalue weighted by Gasteiger charge is 2.24. The van der Waals surface area contributed by atoms with E-state index in [0.717, 1.165) is 67.0 Å².